The zero-order valence-corrected chi connectivity index (χ0v) is 9.51. The molecule has 0 unspecified atom stereocenters. The van der Waals surface area contributed by atoms with Crippen molar-refractivity contribution >= 4 is 11.5 Å². The molecule has 2 rings (SSSR count). The molecule has 92 valence electrons. The third kappa shape index (κ3) is 3.25. The number of carbonyl (C=O) groups is 1. The molecule has 17 heavy (non-hydrogen) atoms. The van der Waals surface area contributed by atoms with E-state index in [-0.39, 0.29) is 0 Å². The molecule has 0 saturated heterocycles. The lowest BCUT2D eigenvalue weighted by Gasteiger charge is -2.21. The molecule has 0 aliphatic heterocycles. The normalized spacial score (nSPS) is 17.2. The molecule has 1 aliphatic rings. The van der Waals surface area contributed by atoms with E-state index in [4.69, 9.17) is 0 Å². The topological polar surface area (TPSA) is 29.1 Å². The van der Waals surface area contributed by atoms with Gasteiger partial charge in [0.05, 0.1) is 5.69 Å². The summed E-state index contributed by atoms with van der Waals surface area (Å²) in [7, 11) is 0. The van der Waals surface area contributed by atoms with Crippen molar-refractivity contribution in [2.45, 2.75) is 25.7 Å². The third-order valence-electron chi connectivity index (χ3n) is 3.18. The fourth-order valence-electron chi connectivity index (χ4n) is 2.09. The van der Waals surface area contributed by atoms with Crippen LogP contribution in [0.5, 0.6) is 0 Å². The highest BCUT2D eigenvalue weighted by Crippen LogP contribution is 2.23. The van der Waals surface area contributed by atoms with Gasteiger partial charge in [-0.15, -0.1) is 0 Å². The van der Waals surface area contributed by atoms with Gasteiger partial charge in [-0.3, -0.25) is 4.79 Å². The summed E-state index contributed by atoms with van der Waals surface area (Å²) in [6.45, 7) is 0.635. The summed E-state index contributed by atoms with van der Waals surface area (Å²) in [5.74, 6) is -0.431. The number of Topliss-reactive ketones (excluding diaryl/α,β-unsaturated/α-hetero) is 1. The van der Waals surface area contributed by atoms with Crippen LogP contribution in [0.4, 0.5) is 14.5 Å². The summed E-state index contributed by atoms with van der Waals surface area (Å²) in [6.07, 6.45) is 2.96. The Hall–Kier alpha value is -1.45. The van der Waals surface area contributed by atoms with E-state index in [2.05, 4.69) is 5.32 Å². The van der Waals surface area contributed by atoms with Crippen molar-refractivity contribution in [1.82, 2.24) is 0 Å². The number of nitrogens with one attached hydrogen (secondary N) is 1. The van der Waals surface area contributed by atoms with Crippen LogP contribution >= 0.6 is 0 Å². The minimum Gasteiger partial charge on any atom is -0.382 e. The highest BCUT2D eigenvalue weighted by atomic mass is 19.1. The molecule has 1 saturated carbocycles. The van der Waals surface area contributed by atoms with Crippen molar-refractivity contribution < 1.29 is 13.6 Å². The van der Waals surface area contributed by atoms with Crippen LogP contribution in [0.1, 0.15) is 25.7 Å². The lowest BCUT2D eigenvalue weighted by molar-refractivity contribution is -0.120. The van der Waals surface area contributed by atoms with Crippen molar-refractivity contribution in [1.29, 1.82) is 0 Å². The first-order valence-corrected chi connectivity index (χ1v) is 5.86. The maximum absolute atomic E-state index is 13.3. The number of anilines is 1. The zero-order chi connectivity index (χ0) is 12.3. The average molecular weight is 239 g/mol. The second-order valence-corrected chi connectivity index (χ2v) is 4.49. The van der Waals surface area contributed by atoms with Crippen LogP contribution in [0.2, 0.25) is 0 Å². The van der Waals surface area contributed by atoms with Gasteiger partial charge in [0.1, 0.15) is 17.4 Å². The fraction of sp³-hybridized carbons (Fsp3) is 0.462. The summed E-state index contributed by atoms with van der Waals surface area (Å²) < 4.78 is 26.0. The minimum atomic E-state index is -0.573. The average Bonchev–Trinajstić information content (AvgIpc) is 2.30. The number of benzene rings is 1. The van der Waals surface area contributed by atoms with Gasteiger partial charge >= 0.3 is 0 Å². The molecule has 0 radical (unpaired) electrons. The minimum absolute atomic E-state index is 0.314. The SMILES string of the molecule is O=C1CCC(CNc2ccc(F)cc2F)CC1. The van der Waals surface area contributed by atoms with E-state index in [1.165, 1.54) is 12.1 Å². The van der Waals surface area contributed by atoms with Crippen molar-refractivity contribution in [2.24, 2.45) is 5.92 Å². The zero-order valence-electron chi connectivity index (χ0n) is 9.51. The van der Waals surface area contributed by atoms with Crippen LogP contribution < -0.4 is 5.32 Å². The molecule has 1 N–H and O–H groups in total. The van der Waals surface area contributed by atoms with Gasteiger partial charge in [0.25, 0.3) is 0 Å². The lowest BCUT2D eigenvalue weighted by Crippen LogP contribution is -2.21. The van der Waals surface area contributed by atoms with Gasteiger partial charge in [-0.25, -0.2) is 8.78 Å². The van der Waals surface area contributed by atoms with Crippen molar-refractivity contribution in [3.8, 4) is 0 Å². The maximum Gasteiger partial charge on any atom is 0.149 e. The number of rotatable bonds is 3. The molecule has 1 aromatic rings. The van der Waals surface area contributed by atoms with Crippen LogP contribution in [-0.4, -0.2) is 12.3 Å². The van der Waals surface area contributed by atoms with E-state index in [0.29, 0.717) is 36.8 Å². The smallest absolute Gasteiger partial charge is 0.149 e. The van der Waals surface area contributed by atoms with Gasteiger partial charge in [0.15, 0.2) is 0 Å². The van der Waals surface area contributed by atoms with Crippen molar-refractivity contribution in [3.63, 3.8) is 0 Å². The van der Waals surface area contributed by atoms with E-state index in [1.54, 1.807) is 0 Å². The van der Waals surface area contributed by atoms with Crippen LogP contribution in [0.25, 0.3) is 0 Å². The van der Waals surface area contributed by atoms with Crippen LogP contribution in [-0.2, 0) is 4.79 Å². The quantitative estimate of drug-likeness (QED) is 0.878. The molecule has 0 amide bonds. The van der Waals surface area contributed by atoms with Crippen LogP contribution in [0.15, 0.2) is 18.2 Å². The number of carbonyl (C=O) groups excluding carboxylic acids is 1. The van der Waals surface area contributed by atoms with Crippen LogP contribution in [0, 0.1) is 17.6 Å². The molecule has 0 aromatic heterocycles. The van der Waals surface area contributed by atoms with Crippen molar-refractivity contribution in [3.05, 3.63) is 29.8 Å². The Balaban J connectivity index is 1.87. The molecular formula is C13H15F2NO. The highest BCUT2D eigenvalue weighted by Gasteiger charge is 2.18. The number of ketones is 1. The van der Waals surface area contributed by atoms with E-state index < -0.39 is 11.6 Å². The predicted octanol–water partition coefficient (Wildman–Crippen LogP) is 3.14. The molecule has 0 bridgehead atoms. The maximum atomic E-state index is 13.3. The fourth-order valence-corrected chi connectivity index (χ4v) is 2.09. The Labute approximate surface area is 99.0 Å². The van der Waals surface area contributed by atoms with E-state index in [1.807, 2.05) is 0 Å². The first-order chi connectivity index (χ1) is 8.15. The molecular weight excluding hydrogens is 224 g/mol. The van der Waals surface area contributed by atoms with Gasteiger partial charge in [-0.05, 0) is 30.9 Å². The molecule has 4 heteroatoms. The van der Waals surface area contributed by atoms with Gasteiger partial charge in [-0.1, -0.05) is 0 Å². The van der Waals surface area contributed by atoms with Crippen molar-refractivity contribution in [2.75, 3.05) is 11.9 Å². The Bertz CT molecular complexity index is 410. The highest BCUT2D eigenvalue weighted by molar-refractivity contribution is 5.79. The molecule has 0 spiro atoms. The third-order valence-corrected chi connectivity index (χ3v) is 3.18. The summed E-state index contributed by atoms with van der Waals surface area (Å²) in [6, 6.07) is 3.50. The Morgan fingerprint density at radius 2 is 1.94 bits per heavy atom. The molecule has 1 fully saturated rings. The predicted molar refractivity (Wildman–Crippen MR) is 61.8 cm³/mol. The summed E-state index contributed by atoms with van der Waals surface area (Å²) >= 11 is 0. The first-order valence-electron chi connectivity index (χ1n) is 5.86. The van der Waals surface area contributed by atoms with E-state index in [9.17, 15) is 13.6 Å². The summed E-state index contributed by atoms with van der Waals surface area (Å²) in [5, 5.41) is 2.97. The van der Waals surface area contributed by atoms with Gasteiger partial charge in [0.2, 0.25) is 0 Å². The Kier molecular flexibility index (Phi) is 3.71. The molecule has 0 atom stereocenters. The monoisotopic (exact) mass is 239 g/mol. The molecule has 1 aromatic carbocycles. The summed E-state index contributed by atoms with van der Waals surface area (Å²) in [5.41, 5.74) is 0.322. The van der Waals surface area contributed by atoms with Gasteiger partial charge < -0.3 is 5.32 Å². The largest absolute Gasteiger partial charge is 0.382 e. The second-order valence-electron chi connectivity index (χ2n) is 4.49. The Morgan fingerprint density at radius 1 is 1.24 bits per heavy atom. The van der Waals surface area contributed by atoms with Crippen LogP contribution in [0.3, 0.4) is 0 Å². The molecule has 2 nitrogen and oxygen atoms in total. The first kappa shape index (κ1) is 12.0. The van der Waals surface area contributed by atoms with Gasteiger partial charge in [-0.2, -0.15) is 0 Å². The second kappa shape index (κ2) is 5.25. The standard InChI is InChI=1S/C13H15F2NO/c14-10-3-6-13(12(15)7-10)16-8-9-1-4-11(17)5-2-9/h3,6-7,9,16H,1-2,4-5,8H2. The molecule has 0 heterocycles. The summed E-state index contributed by atoms with van der Waals surface area (Å²) in [4.78, 5) is 11.1. The number of hydrogen-bond donors (Lipinski definition) is 1. The van der Waals surface area contributed by atoms with E-state index >= 15 is 0 Å². The number of halogens is 2. The van der Waals surface area contributed by atoms with Gasteiger partial charge in [0, 0.05) is 25.5 Å². The Morgan fingerprint density at radius 3 is 2.59 bits per heavy atom. The lowest BCUT2D eigenvalue weighted by atomic mass is 9.88. The molecule has 1 aliphatic carbocycles. The van der Waals surface area contributed by atoms with E-state index in [0.717, 1.165) is 18.9 Å². The number of hydrogen-bond acceptors (Lipinski definition) is 2.